The molecule has 0 radical (unpaired) electrons. The summed E-state index contributed by atoms with van der Waals surface area (Å²) in [6, 6.07) is 4.34. The maximum absolute atomic E-state index is 13.0. The summed E-state index contributed by atoms with van der Waals surface area (Å²) in [5, 5.41) is 11.8. The minimum absolute atomic E-state index is 0.00304. The molecule has 2 fully saturated rings. The Bertz CT molecular complexity index is 850. The van der Waals surface area contributed by atoms with Crippen molar-refractivity contribution in [2.24, 2.45) is 11.3 Å². The van der Waals surface area contributed by atoms with E-state index in [1.54, 1.807) is 13.2 Å². The molecule has 0 aliphatic carbocycles. The summed E-state index contributed by atoms with van der Waals surface area (Å²) in [6.45, 7) is 7.13. The van der Waals surface area contributed by atoms with Gasteiger partial charge in [0.1, 0.15) is 5.69 Å². The van der Waals surface area contributed by atoms with Crippen molar-refractivity contribution in [3.8, 4) is 0 Å². The zero-order chi connectivity index (χ0) is 21.2. The number of methoxy groups -OCH3 is 1. The van der Waals surface area contributed by atoms with Gasteiger partial charge in [0.15, 0.2) is 0 Å². The van der Waals surface area contributed by atoms with Crippen LogP contribution >= 0.6 is 0 Å². The van der Waals surface area contributed by atoms with Crippen LogP contribution in [0.3, 0.4) is 0 Å². The van der Waals surface area contributed by atoms with Crippen molar-refractivity contribution in [2.75, 3.05) is 44.8 Å². The van der Waals surface area contributed by atoms with Crippen LogP contribution in [0.4, 0.5) is 11.4 Å². The summed E-state index contributed by atoms with van der Waals surface area (Å²) in [6.07, 6.45) is 3.55. The molecule has 0 bridgehead atoms. The molecule has 0 amide bonds. The van der Waals surface area contributed by atoms with Crippen LogP contribution in [0, 0.1) is 21.4 Å². The second kappa shape index (κ2) is 8.57. The molecule has 2 aliphatic rings. The van der Waals surface area contributed by atoms with Gasteiger partial charge in [-0.3, -0.25) is 10.1 Å². The van der Waals surface area contributed by atoms with E-state index >= 15 is 0 Å². The zero-order valence-electron chi connectivity index (χ0n) is 17.5. The number of benzene rings is 1. The van der Waals surface area contributed by atoms with E-state index in [-0.39, 0.29) is 16.0 Å². The summed E-state index contributed by atoms with van der Waals surface area (Å²) in [4.78, 5) is 13.3. The SMILES string of the molecule is COCC1(C)CCN(c2ccc(S(=O)(=O)N3CCC[C@H](C)C3)cc2[N+](=O)[O-])CC1. The molecule has 1 aromatic rings. The normalized spacial score (nSPS) is 23.1. The Morgan fingerprint density at radius 1 is 1.28 bits per heavy atom. The lowest BCUT2D eigenvalue weighted by Crippen LogP contribution is -2.41. The summed E-state index contributed by atoms with van der Waals surface area (Å²) in [5.74, 6) is 0.294. The number of rotatable bonds is 6. The average molecular weight is 426 g/mol. The van der Waals surface area contributed by atoms with E-state index in [1.165, 1.54) is 16.4 Å². The Morgan fingerprint density at radius 3 is 2.55 bits per heavy atom. The quantitative estimate of drug-likeness (QED) is 0.513. The summed E-state index contributed by atoms with van der Waals surface area (Å²) in [7, 11) is -2.05. The van der Waals surface area contributed by atoms with Crippen LogP contribution in [0.25, 0.3) is 0 Å². The summed E-state index contributed by atoms with van der Waals surface area (Å²) in [5.41, 5.74) is 0.403. The van der Waals surface area contributed by atoms with E-state index in [0.29, 0.717) is 44.4 Å². The largest absolute Gasteiger partial charge is 0.384 e. The van der Waals surface area contributed by atoms with Gasteiger partial charge >= 0.3 is 0 Å². The number of hydrogen-bond acceptors (Lipinski definition) is 6. The van der Waals surface area contributed by atoms with E-state index in [4.69, 9.17) is 4.74 Å². The Balaban J connectivity index is 1.86. The molecule has 2 aliphatic heterocycles. The molecule has 8 nitrogen and oxygen atoms in total. The van der Waals surface area contributed by atoms with Gasteiger partial charge in [0.25, 0.3) is 5.69 Å². The first-order valence-electron chi connectivity index (χ1n) is 10.2. The van der Waals surface area contributed by atoms with Gasteiger partial charge in [0.2, 0.25) is 10.0 Å². The van der Waals surface area contributed by atoms with Gasteiger partial charge < -0.3 is 9.64 Å². The molecule has 0 N–H and O–H groups in total. The highest BCUT2D eigenvalue weighted by molar-refractivity contribution is 7.89. The highest BCUT2D eigenvalue weighted by Gasteiger charge is 2.34. The van der Waals surface area contributed by atoms with Crippen molar-refractivity contribution in [1.29, 1.82) is 0 Å². The van der Waals surface area contributed by atoms with Gasteiger partial charge in [-0.1, -0.05) is 13.8 Å². The number of ether oxygens (including phenoxy) is 1. The standard InChI is InChI=1S/C20H31N3O5S/c1-16-5-4-10-22(14-16)29(26,27)17-6-7-18(19(13-17)23(24)25)21-11-8-20(2,9-12-21)15-28-3/h6-7,13,16H,4-5,8-12,14-15H2,1-3H3/t16-/m0/s1. The van der Waals surface area contributed by atoms with Crippen LogP contribution in [-0.2, 0) is 14.8 Å². The Hall–Kier alpha value is -1.71. The lowest BCUT2D eigenvalue weighted by molar-refractivity contribution is -0.384. The Morgan fingerprint density at radius 2 is 1.97 bits per heavy atom. The molecule has 0 unspecified atom stereocenters. The molecule has 9 heteroatoms. The fourth-order valence-corrected chi connectivity index (χ4v) is 5.99. The smallest absolute Gasteiger partial charge is 0.293 e. The van der Waals surface area contributed by atoms with Crippen LogP contribution in [-0.4, -0.2) is 57.5 Å². The van der Waals surface area contributed by atoms with Gasteiger partial charge in [-0.05, 0) is 49.1 Å². The zero-order valence-corrected chi connectivity index (χ0v) is 18.3. The van der Waals surface area contributed by atoms with E-state index in [9.17, 15) is 18.5 Å². The molecule has 29 heavy (non-hydrogen) atoms. The third-order valence-electron chi connectivity index (χ3n) is 6.21. The van der Waals surface area contributed by atoms with Gasteiger partial charge in [-0.2, -0.15) is 4.31 Å². The lowest BCUT2D eigenvalue weighted by atomic mass is 9.81. The predicted molar refractivity (Wildman–Crippen MR) is 112 cm³/mol. The van der Waals surface area contributed by atoms with Crippen LogP contribution in [0.5, 0.6) is 0 Å². The second-order valence-electron chi connectivity index (χ2n) is 8.75. The van der Waals surface area contributed by atoms with Crippen molar-refractivity contribution in [1.82, 2.24) is 4.31 Å². The molecule has 3 rings (SSSR count). The summed E-state index contributed by atoms with van der Waals surface area (Å²) >= 11 is 0. The molecule has 1 aromatic carbocycles. The first kappa shape index (κ1) is 22.0. The van der Waals surface area contributed by atoms with Crippen LogP contribution in [0.2, 0.25) is 0 Å². The minimum atomic E-state index is -3.73. The van der Waals surface area contributed by atoms with Gasteiger partial charge in [-0.15, -0.1) is 0 Å². The minimum Gasteiger partial charge on any atom is -0.384 e. The fourth-order valence-electron chi connectivity index (χ4n) is 4.37. The molecule has 0 saturated carbocycles. The van der Waals surface area contributed by atoms with E-state index < -0.39 is 14.9 Å². The number of sulfonamides is 1. The third-order valence-corrected chi connectivity index (χ3v) is 8.07. The number of nitro groups is 1. The first-order valence-corrected chi connectivity index (χ1v) is 11.6. The van der Waals surface area contributed by atoms with E-state index in [2.05, 4.69) is 6.92 Å². The molecule has 1 atom stereocenters. The van der Waals surface area contributed by atoms with E-state index in [0.717, 1.165) is 25.7 Å². The van der Waals surface area contributed by atoms with Gasteiger partial charge in [0.05, 0.1) is 16.4 Å². The Labute approximate surface area is 173 Å². The van der Waals surface area contributed by atoms with Gasteiger partial charge in [0, 0.05) is 39.4 Å². The number of nitrogens with zero attached hydrogens (tertiary/aromatic N) is 3. The van der Waals surface area contributed by atoms with E-state index in [1.807, 2.05) is 11.8 Å². The Kier molecular flexibility index (Phi) is 6.50. The van der Waals surface area contributed by atoms with Gasteiger partial charge in [-0.25, -0.2) is 8.42 Å². The van der Waals surface area contributed by atoms with Crippen molar-refractivity contribution in [2.45, 2.75) is 44.4 Å². The molecule has 2 heterocycles. The second-order valence-corrected chi connectivity index (χ2v) is 10.7. The maximum Gasteiger partial charge on any atom is 0.293 e. The average Bonchev–Trinajstić information content (AvgIpc) is 2.68. The monoisotopic (exact) mass is 425 g/mol. The molecule has 0 spiro atoms. The number of anilines is 1. The molecular formula is C20H31N3O5S. The fraction of sp³-hybridized carbons (Fsp3) is 0.700. The number of piperidine rings is 2. The third kappa shape index (κ3) is 4.73. The number of hydrogen-bond donors (Lipinski definition) is 0. The van der Waals surface area contributed by atoms with Crippen LogP contribution in [0.1, 0.15) is 39.5 Å². The highest BCUT2D eigenvalue weighted by atomic mass is 32.2. The molecule has 2 saturated heterocycles. The van der Waals surface area contributed by atoms with Crippen molar-refractivity contribution >= 4 is 21.4 Å². The molecular weight excluding hydrogens is 394 g/mol. The first-order chi connectivity index (χ1) is 13.7. The van der Waals surface area contributed by atoms with Crippen molar-refractivity contribution in [3.05, 3.63) is 28.3 Å². The maximum atomic E-state index is 13.0. The van der Waals surface area contributed by atoms with Crippen molar-refractivity contribution < 1.29 is 18.1 Å². The highest BCUT2D eigenvalue weighted by Crippen LogP contribution is 2.38. The molecule has 162 valence electrons. The predicted octanol–water partition coefficient (Wildman–Crippen LogP) is 3.27. The topological polar surface area (TPSA) is 93.0 Å². The number of nitro benzene ring substituents is 1. The van der Waals surface area contributed by atoms with Crippen molar-refractivity contribution in [3.63, 3.8) is 0 Å². The lowest BCUT2D eigenvalue weighted by Gasteiger charge is -2.39. The summed E-state index contributed by atoms with van der Waals surface area (Å²) < 4.78 is 32.8. The van der Waals surface area contributed by atoms with Crippen LogP contribution in [0.15, 0.2) is 23.1 Å². The molecule has 0 aromatic heterocycles. The van der Waals surface area contributed by atoms with Crippen LogP contribution < -0.4 is 4.90 Å².